The molecule has 0 unspecified atom stereocenters. The number of aliphatic hydroxyl groups is 2. The standard InChI is InChI=1S/C21H34F3NO3.C2H2/c1-16(2)7-5-3-4-6-12-28-19-9-8-17(13-18(19)21(22,23)24)10-11-20(25,14-26)15-27;1-2/h8-9,13,16,26-27H,3-7,10-12,14-15,25H2,1-2H3;1-2H. The molecule has 0 saturated carbocycles. The lowest BCUT2D eigenvalue weighted by Crippen LogP contribution is -2.47. The number of terminal acetylenes is 1. The van der Waals surface area contributed by atoms with E-state index in [2.05, 4.69) is 26.7 Å². The van der Waals surface area contributed by atoms with Gasteiger partial charge in [0.1, 0.15) is 5.75 Å². The maximum Gasteiger partial charge on any atom is 0.419 e. The van der Waals surface area contributed by atoms with Gasteiger partial charge in [-0.05, 0) is 42.9 Å². The lowest BCUT2D eigenvalue weighted by atomic mass is 9.93. The van der Waals surface area contributed by atoms with Crippen LogP contribution < -0.4 is 10.5 Å². The molecule has 172 valence electrons. The van der Waals surface area contributed by atoms with Gasteiger partial charge in [0.05, 0.1) is 30.9 Å². The maximum atomic E-state index is 13.4. The van der Waals surface area contributed by atoms with Crippen molar-refractivity contribution in [3.05, 3.63) is 29.3 Å². The predicted molar refractivity (Wildman–Crippen MR) is 114 cm³/mol. The molecule has 0 aromatic heterocycles. The third kappa shape index (κ3) is 10.9. The lowest BCUT2D eigenvalue weighted by molar-refractivity contribution is -0.139. The highest BCUT2D eigenvalue weighted by Gasteiger charge is 2.35. The van der Waals surface area contributed by atoms with Crippen LogP contribution in [0.1, 0.15) is 63.5 Å². The van der Waals surface area contributed by atoms with Crippen LogP contribution in [0.4, 0.5) is 13.2 Å². The Hall–Kier alpha value is -1.75. The third-order valence-corrected chi connectivity index (χ3v) is 4.82. The molecule has 0 aliphatic carbocycles. The lowest BCUT2D eigenvalue weighted by Gasteiger charge is -2.24. The van der Waals surface area contributed by atoms with Gasteiger partial charge in [-0.1, -0.05) is 45.6 Å². The highest BCUT2D eigenvalue weighted by atomic mass is 19.4. The molecule has 1 aromatic rings. The minimum absolute atomic E-state index is 0.165. The van der Waals surface area contributed by atoms with Crippen LogP contribution in [0.15, 0.2) is 18.2 Å². The SMILES string of the molecule is C#C.CC(C)CCCCCCOc1ccc(CCC(N)(CO)CO)cc1C(F)(F)F. The van der Waals surface area contributed by atoms with Gasteiger partial charge in [0, 0.05) is 0 Å². The molecule has 0 atom stereocenters. The van der Waals surface area contributed by atoms with E-state index in [1.807, 2.05) is 0 Å². The van der Waals surface area contributed by atoms with Gasteiger partial charge in [-0.3, -0.25) is 0 Å². The number of unbranched alkanes of at least 4 members (excludes halogenated alkanes) is 3. The number of halogens is 3. The number of nitrogens with two attached hydrogens (primary N) is 1. The molecule has 0 aliphatic heterocycles. The fraction of sp³-hybridized carbons (Fsp3) is 0.652. The number of hydrogen-bond donors (Lipinski definition) is 3. The van der Waals surface area contributed by atoms with E-state index in [-0.39, 0.29) is 25.2 Å². The van der Waals surface area contributed by atoms with Crippen molar-refractivity contribution < 1.29 is 28.1 Å². The Morgan fingerprint density at radius 1 is 1.03 bits per heavy atom. The zero-order chi connectivity index (χ0) is 23.2. The molecule has 7 heteroatoms. The Morgan fingerprint density at radius 2 is 1.63 bits per heavy atom. The summed E-state index contributed by atoms with van der Waals surface area (Å²) in [5, 5.41) is 18.4. The first-order valence-corrected chi connectivity index (χ1v) is 10.3. The minimum atomic E-state index is -4.52. The van der Waals surface area contributed by atoms with Gasteiger partial charge in [0.2, 0.25) is 0 Å². The average molecular weight is 432 g/mol. The molecule has 0 bridgehead atoms. The summed E-state index contributed by atoms with van der Waals surface area (Å²) in [6.07, 6.45) is 8.89. The molecule has 0 saturated heterocycles. The van der Waals surface area contributed by atoms with Gasteiger partial charge < -0.3 is 20.7 Å². The number of alkyl halides is 3. The van der Waals surface area contributed by atoms with Crippen LogP contribution in [0, 0.1) is 18.8 Å². The molecule has 0 fully saturated rings. The van der Waals surface area contributed by atoms with Gasteiger partial charge in [-0.2, -0.15) is 13.2 Å². The first-order chi connectivity index (χ1) is 14.1. The second-order valence-corrected chi connectivity index (χ2v) is 7.95. The normalized spacial score (nSPS) is 11.8. The van der Waals surface area contributed by atoms with Gasteiger partial charge in [0.15, 0.2) is 0 Å². The van der Waals surface area contributed by atoms with Crippen molar-refractivity contribution in [2.24, 2.45) is 11.7 Å². The number of aliphatic hydroxyl groups excluding tert-OH is 2. The van der Waals surface area contributed by atoms with E-state index >= 15 is 0 Å². The monoisotopic (exact) mass is 431 g/mol. The summed E-state index contributed by atoms with van der Waals surface area (Å²) in [7, 11) is 0. The Labute approximate surface area is 178 Å². The van der Waals surface area contributed by atoms with Crippen LogP contribution in [0.25, 0.3) is 0 Å². The van der Waals surface area contributed by atoms with Gasteiger partial charge >= 0.3 is 6.18 Å². The van der Waals surface area contributed by atoms with Crippen LogP contribution in [-0.2, 0) is 12.6 Å². The Morgan fingerprint density at radius 3 is 2.17 bits per heavy atom. The molecule has 0 amide bonds. The summed E-state index contributed by atoms with van der Waals surface area (Å²) < 4.78 is 45.6. The quantitative estimate of drug-likeness (QED) is 0.316. The van der Waals surface area contributed by atoms with Crippen molar-refractivity contribution in [2.75, 3.05) is 19.8 Å². The molecule has 30 heavy (non-hydrogen) atoms. The van der Waals surface area contributed by atoms with Crippen LogP contribution >= 0.6 is 0 Å². The largest absolute Gasteiger partial charge is 0.493 e. The first kappa shape index (κ1) is 28.2. The van der Waals surface area contributed by atoms with E-state index in [4.69, 9.17) is 10.5 Å². The zero-order valence-electron chi connectivity index (χ0n) is 18.0. The van der Waals surface area contributed by atoms with Crippen LogP contribution in [0.5, 0.6) is 5.75 Å². The van der Waals surface area contributed by atoms with Gasteiger partial charge in [0.25, 0.3) is 0 Å². The number of ether oxygens (including phenoxy) is 1. The molecule has 4 nitrogen and oxygen atoms in total. The average Bonchev–Trinajstić information content (AvgIpc) is 2.72. The topological polar surface area (TPSA) is 75.7 Å². The van der Waals surface area contributed by atoms with Crippen molar-refractivity contribution >= 4 is 0 Å². The smallest absolute Gasteiger partial charge is 0.419 e. The molecular weight excluding hydrogens is 395 g/mol. The minimum Gasteiger partial charge on any atom is -0.493 e. The summed E-state index contributed by atoms with van der Waals surface area (Å²) in [4.78, 5) is 0. The van der Waals surface area contributed by atoms with E-state index in [9.17, 15) is 23.4 Å². The number of rotatable bonds is 13. The molecule has 1 aromatic carbocycles. The fourth-order valence-electron chi connectivity index (χ4n) is 2.87. The van der Waals surface area contributed by atoms with Crippen molar-refractivity contribution in [3.8, 4) is 18.6 Å². The second-order valence-electron chi connectivity index (χ2n) is 7.95. The number of hydrogen-bond acceptors (Lipinski definition) is 4. The molecule has 0 spiro atoms. The van der Waals surface area contributed by atoms with Gasteiger partial charge in [-0.15, -0.1) is 12.8 Å². The summed E-state index contributed by atoms with van der Waals surface area (Å²) >= 11 is 0. The van der Waals surface area contributed by atoms with E-state index in [0.717, 1.165) is 38.2 Å². The fourth-order valence-corrected chi connectivity index (χ4v) is 2.87. The molecular formula is C23H36F3NO3. The molecule has 0 aliphatic rings. The number of benzene rings is 1. The maximum absolute atomic E-state index is 13.4. The van der Waals surface area contributed by atoms with Crippen molar-refractivity contribution in [1.82, 2.24) is 0 Å². The predicted octanol–water partition coefficient (Wildman–Crippen LogP) is 4.55. The zero-order valence-corrected chi connectivity index (χ0v) is 18.0. The Bertz CT molecular complexity index is 611. The van der Waals surface area contributed by atoms with Crippen LogP contribution in [0.2, 0.25) is 0 Å². The van der Waals surface area contributed by atoms with E-state index in [1.165, 1.54) is 6.07 Å². The van der Waals surface area contributed by atoms with E-state index in [0.29, 0.717) is 11.5 Å². The second kappa shape index (κ2) is 14.3. The first-order valence-electron chi connectivity index (χ1n) is 10.3. The third-order valence-electron chi connectivity index (χ3n) is 4.82. The molecule has 1 rings (SSSR count). The highest BCUT2D eigenvalue weighted by molar-refractivity contribution is 5.39. The van der Waals surface area contributed by atoms with Crippen molar-refractivity contribution in [2.45, 2.75) is 70.5 Å². The van der Waals surface area contributed by atoms with Crippen molar-refractivity contribution in [3.63, 3.8) is 0 Å². The summed E-state index contributed by atoms with van der Waals surface area (Å²) in [5.41, 5.74) is 4.21. The Kier molecular flexibility index (Phi) is 13.5. The molecule has 0 radical (unpaired) electrons. The summed E-state index contributed by atoms with van der Waals surface area (Å²) in [6.45, 7) is 3.73. The van der Waals surface area contributed by atoms with Crippen LogP contribution in [-0.4, -0.2) is 35.6 Å². The highest BCUT2D eigenvalue weighted by Crippen LogP contribution is 2.37. The number of aryl methyl sites for hydroxylation is 1. The Balaban J connectivity index is 0.00000407. The summed E-state index contributed by atoms with van der Waals surface area (Å²) in [6, 6.07) is 3.97. The summed E-state index contributed by atoms with van der Waals surface area (Å²) in [5.74, 6) is 0.505. The van der Waals surface area contributed by atoms with E-state index in [1.54, 1.807) is 6.07 Å². The van der Waals surface area contributed by atoms with Gasteiger partial charge in [-0.25, -0.2) is 0 Å². The molecule has 4 N–H and O–H groups in total. The van der Waals surface area contributed by atoms with Crippen molar-refractivity contribution in [1.29, 1.82) is 0 Å². The van der Waals surface area contributed by atoms with E-state index < -0.39 is 30.5 Å². The molecule has 0 heterocycles. The van der Waals surface area contributed by atoms with Crippen LogP contribution in [0.3, 0.4) is 0 Å².